The van der Waals surface area contributed by atoms with Gasteiger partial charge in [-0.05, 0) is 6.42 Å². The molecule has 0 spiro atoms. The van der Waals surface area contributed by atoms with Gasteiger partial charge in [0.05, 0.1) is 12.4 Å². The van der Waals surface area contributed by atoms with Crippen molar-refractivity contribution in [2.75, 3.05) is 33.2 Å². The van der Waals surface area contributed by atoms with Crippen molar-refractivity contribution in [2.45, 2.75) is 12.5 Å². The third kappa shape index (κ3) is 6.72. The summed E-state index contributed by atoms with van der Waals surface area (Å²) in [6, 6.07) is -1.25. The monoisotopic (exact) mass is 255 g/mol. The number of hydrogen-bond acceptors (Lipinski definition) is 5. The summed E-state index contributed by atoms with van der Waals surface area (Å²) in [5.41, 5.74) is 0. The topological polar surface area (TPSA) is 102 Å². The van der Waals surface area contributed by atoms with Gasteiger partial charge in [0.25, 0.3) is 0 Å². The van der Waals surface area contributed by atoms with Gasteiger partial charge in [-0.25, -0.2) is 8.42 Å². The number of nitrogens with one attached hydrogen (secondary N) is 1. The molecule has 0 radical (unpaired) electrons. The first-order valence-electron chi connectivity index (χ1n) is 4.63. The molecule has 0 aromatic carbocycles. The highest BCUT2D eigenvalue weighted by molar-refractivity contribution is 7.89. The molecule has 0 aromatic heterocycles. The summed E-state index contributed by atoms with van der Waals surface area (Å²) < 4.78 is 34.2. The summed E-state index contributed by atoms with van der Waals surface area (Å²) in [5.74, 6) is -1.44. The minimum absolute atomic E-state index is 0.172. The Labute approximate surface area is 94.8 Å². The Kier molecular flexibility index (Phi) is 7.22. The number of aliphatic carboxylic acids is 1. The van der Waals surface area contributed by atoms with Crippen LogP contribution in [0.5, 0.6) is 0 Å². The number of sulfonamides is 1. The van der Waals surface area contributed by atoms with E-state index in [1.165, 1.54) is 14.2 Å². The summed E-state index contributed by atoms with van der Waals surface area (Å²) in [6.45, 7) is 0.0990. The first-order valence-corrected chi connectivity index (χ1v) is 6.29. The Morgan fingerprint density at radius 2 is 2.00 bits per heavy atom. The van der Waals surface area contributed by atoms with Crippen molar-refractivity contribution < 1.29 is 27.8 Å². The normalized spacial score (nSPS) is 13.6. The van der Waals surface area contributed by atoms with E-state index in [9.17, 15) is 13.2 Å². The highest BCUT2D eigenvalue weighted by atomic mass is 32.2. The number of ether oxygens (including phenoxy) is 2. The van der Waals surface area contributed by atoms with Crippen LogP contribution in [0.15, 0.2) is 0 Å². The van der Waals surface area contributed by atoms with Crippen LogP contribution in [0.3, 0.4) is 0 Å². The van der Waals surface area contributed by atoms with E-state index in [4.69, 9.17) is 9.84 Å². The molecule has 0 fully saturated rings. The van der Waals surface area contributed by atoms with Crippen molar-refractivity contribution in [2.24, 2.45) is 0 Å². The van der Waals surface area contributed by atoms with Gasteiger partial charge in [0.1, 0.15) is 6.04 Å². The Morgan fingerprint density at radius 3 is 2.44 bits per heavy atom. The molecule has 96 valence electrons. The van der Waals surface area contributed by atoms with E-state index < -0.39 is 22.0 Å². The number of carboxylic acid groups (broad SMARTS) is 1. The number of rotatable bonds is 9. The molecule has 0 aliphatic heterocycles. The maximum absolute atomic E-state index is 11.4. The summed E-state index contributed by atoms with van der Waals surface area (Å²) in [4.78, 5) is 10.7. The predicted molar refractivity (Wildman–Crippen MR) is 56.7 cm³/mol. The highest BCUT2D eigenvalue weighted by Crippen LogP contribution is 1.95. The average Bonchev–Trinajstić information content (AvgIpc) is 2.17. The Balaban J connectivity index is 4.25. The third-order valence-corrected chi connectivity index (χ3v) is 3.18. The molecule has 0 saturated heterocycles. The molecule has 0 bridgehead atoms. The number of carbonyl (C=O) groups is 1. The maximum atomic E-state index is 11.4. The van der Waals surface area contributed by atoms with Gasteiger partial charge in [-0.3, -0.25) is 4.79 Å². The smallest absolute Gasteiger partial charge is 0.324 e. The molecule has 0 aromatic rings. The van der Waals surface area contributed by atoms with E-state index in [2.05, 4.69) is 4.74 Å². The van der Waals surface area contributed by atoms with Crippen molar-refractivity contribution in [3.05, 3.63) is 0 Å². The van der Waals surface area contributed by atoms with E-state index in [0.717, 1.165) is 0 Å². The van der Waals surface area contributed by atoms with E-state index >= 15 is 0 Å². The van der Waals surface area contributed by atoms with Crippen LogP contribution < -0.4 is 4.72 Å². The summed E-state index contributed by atoms with van der Waals surface area (Å²) in [6.07, 6.45) is 0.311. The van der Waals surface area contributed by atoms with Gasteiger partial charge in [0.15, 0.2) is 0 Å². The molecule has 0 aliphatic carbocycles. The maximum Gasteiger partial charge on any atom is 0.324 e. The third-order valence-electron chi connectivity index (χ3n) is 1.71. The zero-order chi connectivity index (χ0) is 12.6. The standard InChI is InChI=1S/C8H17NO6S/c1-14-4-3-5-16(12,13)9-7(6-15-2)8(10)11/h7,9H,3-6H2,1-2H3,(H,10,11). The summed E-state index contributed by atoms with van der Waals surface area (Å²) in [5, 5.41) is 8.71. The molecule has 1 atom stereocenters. The van der Waals surface area contributed by atoms with Crippen molar-refractivity contribution in [3.8, 4) is 0 Å². The molecule has 8 heteroatoms. The molecular weight excluding hydrogens is 238 g/mol. The fourth-order valence-electron chi connectivity index (χ4n) is 0.991. The van der Waals surface area contributed by atoms with Gasteiger partial charge >= 0.3 is 5.97 Å². The van der Waals surface area contributed by atoms with Crippen LogP contribution in [-0.2, 0) is 24.3 Å². The van der Waals surface area contributed by atoms with E-state index in [0.29, 0.717) is 13.0 Å². The summed E-state index contributed by atoms with van der Waals surface area (Å²) in [7, 11) is -0.847. The molecule has 0 rings (SSSR count). The largest absolute Gasteiger partial charge is 0.480 e. The molecule has 0 aliphatic rings. The van der Waals surface area contributed by atoms with Gasteiger partial charge in [0, 0.05) is 20.8 Å². The SMILES string of the molecule is COCCCS(=O)(=O)NC(COC)C(=O)O. The fourth-order valence-corrected chi connectivity index (χ4v) is 2.21. The lowest BCUT2D eigenvalue weighted by atomic mass is 10.3. The predicted octanol–water partition coefficient (Wildman–Crippen LogP) is -0.958. The van der Waals surface area contributed by atoms with Crippen LogP contribution in [0.2, 0.25) is 0 Å². The molecule has 2 N–H and O–H groups in total. The van der Waals surface area contributed by atoms with Crippen molar-refractivity contribution in [3.63, 3.8) is 0 Å². The quantitative estimate of drug-likeness (QED) is 0.515. The van der Waals surface area contributed by atoms with E-state index in [1.807, 2.05) is 4.72 Å². The molecule has 1 unspecified atom stereocenters. The van der Waals surface area contributed by atoms with Crippen molar-refractivity contribution >= 4 is 16.0 Å². The van der Waals surface area contributed by atoms with Crippen molar-refractivity contribution in [1.29, 1.82) is 0 Å². The Hall–Kier alpha value is -0.700. The van der Waals surface area contributed by atoms with Gasteiger partial charge < -0.3 is 14.6 Å². The van der Waals surface area contributed by atoms with Crippen LogP contribution in [0.4, 0.5) is 0 Å². The zero-order valence-corrected chi connectivity index (χ0v) is 10.1. The lowest BCUT2D eigenvalue weighted by Crippen LogP contribution is -2.44. The first-order chi connectivity index (χ1) is 7.43. The second-order valence-electron chi connectivity index (χ2n) is 3.13. The van der Waals surface area contributed by atoms with Crippen molar-refractivity contribution in [1.82, 2.24) is 4.72 Å². The zero-order valence-electron chi connectivity index (χ0n) is 9.30. The van der Waals surface area contributed by atoms with E-state index in [1.54, 1.807) is 0 Å². The minimum Gasteiger partial charge on any atom is -0.480 e. The minimum atomic E-state index is -3.61. The number of hydrogen-bond donors (Lipinski definition) is 2. The van der Waals surface area contributed by atoms with Gasteiger partial charge in [-0.15, -0.1) is 0 Å². The van der Waals surface area contributed by atoms with Crippen LogP contribution in [0, 0.1) is 0 Å². The van der Waals surface area contributed by atoms with Gasteiger partial charge in [0.2, 0.25) is 10.0 Å². The lowest BCUT2D eigenvalue weighted by molar-refractivity contribution is -0.140. The molecule has 7 nitrogen and oxygen atoms in total. The van der Waals surface area contributed by atoms with Crippen LogP contribution >= 0.6 is 0 Å². The molecular formula is C8H17NO6S. The van der Waals surface area contributed by atoms with Crippen LogP contribution in [-0.4, -0.2) is 58.7 Å². The second-order valence-corrected chi connectivity index (χ2v) is 5.00. The van der Waals surface area contributed by atoms with E-state index in [-0.39, 0.29) is 12.4 Å². The molecule has 16 heavy (non-hydrogen) atoms. The van der Waals surface area contributed by atoms with Gasteiger partial charge in [-0.1, -0.05) is 0 Å². The molecule has 0 saturated carbocycles. The van der Waals surface area contributed by atoms with Crippen LogP contribution in [0.25, 0.3) is 0 Å². The number of carboxylic acids is 1. The van der Waals surface area contributed by atoms with Gasteiger partial charge in [-0.2, -0.15) is 4.72 Å². The lowest BCUT2D eigenvalue weighted by Gasteiger charge is -2.13. The fraction of sp³-hybridized carbons (Fsp3) is 0.875. The molecule has 0 heterocycles. The average molecular weight is 255 g/mol. The summed E-state index contributed by atoms with van der Waals surface area (Å²) >= 11 is 0. The highest BCUT2D eigenvalue weighted by Gasteiger charge is 2.23. The van der Waals surface area contributed by atoms with Crippen LogP contribution in [0.1, 0.15) is 6.42 Å². The Bertz CT molecular complexity index is 302. The first kappa shape index (κ1) is 15.3. The molecule has 0 amide bonds. The second kappa shape index (κ2) is 7.55. The number of methoxy groups -OCH3 is 2. The Morgan fingerprint density at radius 1 is 1.38 bits per heavy atom.